The van der Waals surface area contributed by atoms with E-state index in [-0.39, 0.29) is 36.2 Å². The molecular formula is C46H82NO7+. The number of likely N-dealkylation sites (N-methyl/N-ethyl adjacent to an activating group) is 1. The summed E-state index contributed by atoms with van der Waals surface area (Å²) in [6.07, 6.45) is 43.0. The van der Waals surface area contributed by atoms with E-state index in [1.165, 1.54) is 89.9 Å². The fourth-order valence-corrected chi connectivity index (χ4v) is 6.22. The summed E-state index contributed by atoms with van der Waals surface area (Å²) in [6.45, 7) is 4.56. The maximum atomic E-state index is 12.7. The molecule has 8 heteroatoms. The molecule has 54 heavy (non-hydrogen) atoms. The van der Waals surface area contributed by atoms with Gasteiger partial charge in [0.05, 0.1) is 34.4 Å². The number of carbonyl (C=O) groups excluding carboxylic acids is 2. The van der Waals surface area contributed by atoms with Gasteiger partial charge in [-0.05, 0) is 32.1 Å². The van der Waals surface area contributed by atoms with Crippen molar-refractivity contribution in [2.75, 3.05) is 41.0 Å². The fourth-order valence-electron chi connectivity index (χ4n) is 6.22. The second kappa shape index (κ2) is 37.2. The molecule has 0 aliphatic carbocycles. The Balaban J connectivity index is 4.38. The van der Waals surface area contributed by atoms with Gasteiger partial charge in [0.2, 0.25) is 0 Å². The van der Waals surface area contributed by atoms with Crippen molar-refractivity contribution in [3.8, 4) is 0 Å². The van der Waals surface area contributed by atoms with Crippen LogP contribution in [0.2, 0.25) is 0 Å². The average Bonchev–Trinajstić information content (AvgIpc) is 3.12. The lowest BCUT2D eigenvalue weighted by Crippen LogP contribution is -2.50. The van der Waals surface area contributed by atoms with Gasteiger partial charge in [-0.2, -0.15) is 0 Å². The van der Waals surface area contributed by atoms with Crippen LogP contribution in [-0.2, 0) is 28.6 Å². The van der Waals surface area contributed by atoms with E-state index >= 15 is 0 Å². The Morgan fingerprint density at radius 3 is 1.54 bits per heavy atom. The van der Waals surface area contributed by atoms with E-state index in [0.717, 1.165) is 51.4 Å². The quantitative estimate of drug-likeness (QED) is 0.0289. The maximum Gasteiger partial charge on any atom is 0.362 e. The molecule has 0 saturated carbocycles. The van der Waals surface area contributed by atoms with Crippen LogP contribution >= 0.6 is 0 Å². The van der Waals surface area contributed by atoms with E-state index < -0.39 is 18.1 Å². The number of carboxylic acids is 1. The van der Waals surface area contributed by atoms with Crippen molar-refractivity contribution in [3.63, 3.8) is 0 Å². The standard InChI is InChI=1S/C46H81NO7/c1-6-8-10-12-14-16-18-20-21-22-23-25-27-29-31-33-35-37-45(49)54-42(40-52-39-38-43(46(50)51)47(3,4)5)41-53-44(48)36-34-32-30-28-26-24-19-17-15-13-11-9-7-2/h9,11,13,15,17,19,24,26,42-43H,6-8,10,12,14,16,18,20-23,25,27-41H2,1-5H3/p+1/b11-9+,15-13+,19-17+,26-24+. The summed E-state index contributed by atoms with van der Waals surface area (Å²) in [6, 6.07) is -0.620. The number of quaternary nitrogens is 1. The first kappa shape index (κ1) is 51.3. The van der Waals surface area contributed by atoms with Crippen LogP contribution in [0.15, 0.2) is 48.6 Å². The number of nitrogens with zero attached hydrogens (tertiary/aromatic N) is 1. The number of hydrogen-bond donors (Lipinski definition) is 1. The van der Waals surface area contributed by atoms with Crippen molar-refractivity contribution in [3.05, 3.63) is 48.6 Å². The third-order valence-corrected chi connectivity index (χ3v) is 9.59. The molecule has 0 saturated heterocycles. The molecule has 0 bridgehead atoms. The smallest absolute Gasteiger partial charge is 0.362 e. The molecule has 0 rings (SSSR count). The summed E-state index contributed by atoms with van der Waals surface area (Å²) < 4.78 is 17.2. The molecule has 8 nitrogen and oxygen atoms in total. The number of carboxylic acid groups (broad SMARTS) is 1. The third-order valence-electron chi connectivity index (χ3n) is 9.59. The van der Waals surface area contributed by atoms with Crippen molar-refractivity contribution in [2.45, 2.75) is 187 Å². The second-order valence-corrected chi connectivity index (χ2v) is 15.7. The van der Waals surface area contributed by atoms with Gasteiger partial charge in [0.1, 0.15) is 6.61 Å². The van der Waals surface area contributed by atoms with Crippen LogP contribution in [0.5, 0.6) is 0 Å². The number of allylic oxidation sites excluding steroid dienone is 8. The van der Waals surface area contributed by atoms with Gasteiger partial charge in [0.15, 0.2) is 12.1 Å². The summed E-state index contributed by atoms with van der Waals surface area (Å²) in [5, 5.41) is 9.61. The normalized spacial score (nSPS) is 13.4. The van der Waals surface area contributed by atoms with Crippen LogP contribution in [0, 0.1) is 0 Å². The van der Waals surface area contributed by atoms with Crippen LogP contribution in [-0.4, -0.2) is 80.6 Å². The van der Waals surface area contributed by atoms with Crippen molar-refractivity contribution >= 4 is 17.9 Å². The summed E-state index contributed by atoms with van der Waals surface area (Å²) in [5.41, 5.74) is 0. The highest BCUT2D eigenvalue weighted by Gasteiger charge is 2.31. The minimum atomic E-state index is -0.881. The molecule has 312 valence electrons. The molecule has 0 amide bonds. The van der Waals surface area contributed by atoms with E-state index in [2.05, 4.69) is 26.0 Å². The van der Waals surface area contributed by atoms with Crippen molar-refractivity contribution in [1.82, 2.24) is 0 Å². The topological polar surface area (TPSA) is 99.1 Å². The predicted molar refractivity (Wildman–Crippen MR) is 224 cm³/mol. The first-order chi connectivity index (χ1) is 26.1. The van der Waals surface area contributed by atoms with Gasteiger partial charge in [-0.15, -0.1) is 0 Å². The summed E-state index contributed by atoms with van der Waals surface area (Å²) in [7, 11) is 5.51. The average molecular weight is 761 g/mol. The highest BCUT2D eigenvalue weighted by molar-refractivity contribution is 5.72. The molecule has 0 aromatic heterocycles. The van der Waals surface area contributed by atoms with Crippen LogP contribution < -0.4 is 0 Å². The molecule has 0 aromatic rings. The van der Waals surface area contributed by atoms with E-state index in [4.69, 9.17) is 14.2 Å². The highest BCUT2D eigenvalue weighted by atomic mass is 16.6. The molecule has 0 aliphatic rings. The zero-order valence-electron chi connectivity index (χ0n) is 35.4. The molecule has 2 atom stereocenters. The van der Waals surface area contributed by atoms with E-state index in [1.54, 1.807) is 0 Å². The van der Waals surface area contributed by atoms with Crippen molar-refractivity contribution in [1.29, 1.82) is 0 Å². The first-order valence-corrected chi connectivity index (χ1v) is 21.7. The number of aliphatic carboxylic acids is 1. The molecular weight excluding hydrogens is 679 g/mol. The molecule has 0 radical (unpaired) electrons. The van der Waals surface area contributed by atoms with E-state index in [1.807, 2.05) is 57.6 Å². The fraction of sp³-hybridized carbons (Fsp3) is 0.761. The number of carbonyl (C=O) groups is 3. The number of hydrogen-bond acceptors (Lipinski definition) is 6. The number of unbranched alkanes of at least 4 members (excludes halogenated alkanes) is 19. The summed E-state index contributed by atoms with van der Waals surface area (Å²) in [5.74, 6) is -1.52. The Labute approximate surface area is 331 Å². The molecule has 2 unspecified atom stereocenters. The lowest BCUT2D eigenvalue weighted by molar-refractivity contribution is -0.887. The highest BCUT2D eigenvalue weighted by Crippen LogP contribution is 2.15. The Bertz CT molecular complexity index is 1030. The zero-order valence-corrected chi connectivity index (χ0v) is 35.4. The zero-order chi connectivity index (χ0) is 40.0. The van der Waals surface area contributed by atoms with Gasteiger partial charge in [-0.25, -0.2) is 4.79 Å². The van der Waals surface area contributed by atoms with Gasteiger partial charge in [-0.3, -0.25) is 9.59 Å². The molecule has 0 heterocycles. The Morgan fingerprint density at radius 2 is 1.04 bits per heavy atom. The Kier molecular flexibility index (Phi) is 35.4. The van der Waals surface area contributed by atoms with Crippen molar-refractivity contribution < 1.29 is 38.2 Å². The second-order valence-electron chi connectivity index (χ2n) is 15.7. The SMILES string of the molecule is CC/C=C/C=C/C=C/C=C/CCCCCC(=O)OCC(COCCC(C(=O)O)[N+](C)(C)C)OC(=O)CCCCCCCCCCCCCCCCCCC. The van der Waals surface area contributed by atoms with Gasteiger partial charge in [0.25, 0.3) is 0 Å². The van der Waals surface area contributed by atoms with Crippen LogP contribution in [0.4, 0.5) is 0 Å². The number of esters is 2. The largest absolute Gasteiger partial charge is 0.477 e. The maximum absolute atomic E-state index is 12.7. The van der Waals surface area contributed by atoms with Gasteiger partial charge < -0.3 is 23.8 Å². The molecule has 0 aromatic carbocycles. The first-order valence-electron chi connectivity index (χ1n) is 21.7. The van der Waals surface area contributed by atoms with Crippen LogP contribution in [0.1, 0.15) is 174 Å². The van der Waals surface area contributed by atoms with Crippen LogP contribution in [0.25, 0.3) is 0 Å². The lowest BCUT2D eigenvalue weighted by Gasteiger charge is -2.31. The van der Waals surface area contributed by atoms with Crippen molar-refractivity contribution in [2.24, 2.45) is 0 Å². The van der Waals surface area contributed by atoms with Gasteiger partial charge in [0, 0.05) is 19.3 Å². The number of ether oxygens (including phenoxy) is 3. The molecule has 0 spiro atoms. The molecule has 1 N–H and O–H groups in total. The van der Waals surface area contributed by atoms with E-state index in [0.29, 0.717) is 19.3 Å². The Morgan fingerprint density at radius 1 is 0.574 bits per heavy atom. The Hall–Kier alpha value is -2.71. The molecule has 0 fully saturated rings. The van der Waals surface area contributed by atoms with Gasteiger partial charge >= 0.3 is 17.9 Å². The van der Waals surface area contributed by atoms with E-state index in [9.17, 15) is 19.5 Å². The summed E-state index contributed by atoms with van der Waals surface area (Å²) in [4.78, 5) is 36.9. The minimum absolute atomic E-state index is 0.0492. The third kappa shape index (κ3) is 35.0. The van der Waals surface area contributed by atoms with Gasteiger partial charge in [-0.1, -0.05) is 172 Å². The lowest BCUT2D eigenvalue weighted by atomic mass is 10.0. The van der Waals surface area contributed by atoms with Crippen LogP contribution in [0.3, 0.4) is 0 Å². The summed E-state index contributed by atoms with van der Waals surface area (Å²) >= 11 is 0. The number of rotatable bonds is 38. The minimum Gasteiger partial charge on any atom is -0.477 e. The monoisotopic (exact) mass is 761 g/mol. The predicted octanol–water partition coefficient (Wildman–Crippen LogP) is 11.6. The molecule has 0 aliphatic heterocycles.